The third kappa shape index (κ3) is 3.61. The summed E-state index contributed by atoms with van der Waals surface area (Å²) in [6.07, 6.45) is 3.28. The molecular formula is C19H15ClN4OS. The van der Waals surface area contributed by atoms with Gasteiger partial charge in [0.05, 0.1) is 35.1 Å². The van der Waals surface area contributed by atoms with Crippen LogP contribution in [-0.2, 0) is 13.1 Å². The molecule has 0 aliphatic heterocycles. The Balaban J connectivity index is 1.40. The number of nitrogens with zero attached hydrogens (tertiary/aromatic N) is 3. The summed E-state index contributed by atoms with van der Waals surface area (Å²) in [5.74, 6) is -0.172. The third-order valence-corrected chi connectivity index (χ3v) is 5.33. The van der Waals surface area contributed by atoms with Gasteiger partial charge in [-0.05, 0) is 23.8 Å². The zero-order chi connectivity index (χ0) is 17.9. The number of amides is 1. The molecule has 0 bridgehead atoms. The molecule has 4 rings (SSSR count). The second-order valence-electron chi connectivity index (χ2n) is 5.78. The standard InChI is InChI=1S/C19H15ClN4OS/c20-15-6-2-1-5-13(15)11-24-12-14(9-22-24)19(25)21-10-18-23-16-7-3-4-8-17(16)26-18/h1-9,12H,10-11H2,(H,21,25). The quantitative estimate of drug-likeness (QED) is 0.564. The van der Waals surface area contributed by atoms with Crippen LogP contribution in [0.5, 0.6) is 0 Å². The maximum Gasteiger partial charge on any atom is 0.254 e. The van der Waals surface area contributed by atoms with E-state index in [0.29, 0.717) is 23.7 Å². The highest BCUT2D eigenvalue weighted by atomic mass is 35.5. The summed E-state index contributed by atoms with van der Waals surface area (Å²) >= 11 is 7.75. The molecule has 0 radical (unpaired) electrons. The molecule has 1 amide bonds. The number of thiazole rings is 1. The molecule has 0 aliphatic rings. The molecule has 0 aliphatic carbocycles. The fourth-order valence-electron chi connectivity index (χ4n) is 2.62. The number of nitrogens with one attached hydrogen (secondary N) is 1. The van der Waals surface area contributed by atoms with Crippen LogP contribution >= 0.6 is 22.9 Å². The van der Waals surface area contributed by atoms with Gasteiger partial charge in [0, 0.05) is 11.2 Å². The molecule has 26 heavy (non-hydrogen) atoms. The molecule has 130 valence electrons. The molecule has 0 saturated heterocycles. The Bertz CT molecular complexity index is 1040. The predicted octanol–water partition coefficient (Wildman–Crippen LogP) is 4.12. The smallest absolute Gasteiger partial charge is 0.254 e. The fraction of sp³-hybridized carbons (Fsp3) is 0.105. The molecule has 0 fully saturated rings. The van der Waals surface area contributed by atoms with Crippen LogP contribution in [0.4, 0.5) is 0 Å². The van der Waals surface area contributed by atoms with Gasteiger partial charge >= 0.3 is 0 Å². The summed E-state index contributed by atoms with van der Waals surface area (Å²) in [5, 5.41) is 8.70. The summed E-state index contributed by atoms with van der Waals surface area (Å²) < 4.78 is 2.82. The van der Waals surface area contributed by atoms with Crippen molar-refractivity contribution in [1.29, 1.82) is 0 Å². The van der Waals surface area contributed by atoms with Crippen molar-refractivity contribution in [2.45, 2.75) is 13.1 Å². The highest BCUT2D eigenvalue weighted by Crippen LogP contribution is 2.21. The number of rotatable bonds is 5. The first-order chi connectivity index (χ1) is 12.7. The molecule has 2 aromatic carbocycles. The van der Waals surface area contributed by atoms with Gasteiger partial charge in [-0.15, -0.1) is 11.3 Å². The number of hydrogen-bond donors (Lipinski definition) is 1. The fourth-order valence-corrected chi connectivity index (χ4v) is 3.72. The van der Waals surface area contributed by atoms with Crippen molar-refractivity contribution in [3.05, 3.63) is 82.1 Å². The Morgan fingerprint density at radius 3 is 2.81 bits per heavy atom. The lowest BCUT2D eigenvalue weighted by atomic mass is 10.2. The van der Waals surface area contributed by atoms with E-state index in [-0.39, 0.29) is 5.91 Å². The van der Waals surface area contributed by atoms with Gasteiger partial charge in [-0.2, -0.15) is 5.10 Å². The number of hydrogen-bond acceptors (Lipinski definition) is 4. The highest BCUT2D eigenvalue weighted by Gasteiger charge is 2.11. The Morgan fingerprint density at radius 1 is 1.15 bits per heavy atom. The summed E-state index contributed by atoms with van der Waals surface area (Å²) in [6, 6.07) is 15.5. The van der Waals surface area contributed by atoms with Crippen molar-refractivity contribution in [3.63, 3.8) is 0 Å². The monoisotopic (exact) mass is 382 g/mol. The Kier molecular flexibility index (Phi) is 4.69. The van der Waals surface area contributed by atoms with E-state index in [4.69, 9.17) is 11.6 Å². The van der Waals surface area contributed by atoms with Crippen molar-refractivity contribution < 1.29 is 4.79 Å². The molecular weight excluding hydrogens is 368 g/mol. The molecule has 1 N–H and O–H groups in total. The molecule has 0 atom stereocenters. The number of para-hydroxylation sites is 1. The van der Waals surface area contributed by atoms with E-state index in [1.165, 1.54) is 0 Å². The zero-order valence-corrected chi connectivity index (χ0v) is 15.3. The van der Waals surface area contributed by atoms with Crippen LogP contribution in [0.25, 0.3) is 10.2 Å². The molecule has 2 aromatic heterocycles. The molecule has 0 spiro atoms. The second kappa shape index (κ2) is 7.27. The lowest BCUT2D eigenvalue weighted by Crippen LogP contribution is -2.22. The normalized spacial score (nSPS) is 11.0. The Morgan fingerprint density at radius 2 is 1.96 bits per heavy atom. The maximum atomic E-state index is 12.4. The number of fused-ring (bicyclic) bond motifs is 1. The minimum atomic E-state index is -0.172. The minimum Gasteiger partial charge on any atom is -0.345 e. The number of halogens is 1. The van der Waals surface area contributed by atoms with Crippen LogP contribution in [0.15, 0.2) is 60.9 Å². The van der Waals surface area contributed by atoms with Crippen LogP contribution in [-0.4, -0.2) is 20.7 Å². The van der Waals surface area contributed by atoms with Crippen molar-refractivity contribution in [3.8, 4) is 0 Å². The molecule has 5 nitrogen and oxygen atoms in total. The number of carbonyl (C=O) groups excluding carboxylic acids is 1. The van der Waals surface area contributed by atoms with Crippen LogP contribution < -0.4 is 5.32 Å². The first-order valence-electron chi connectivity index (χ1n) is 8.07. The number of carbonyl (C=O) groups is 1. The zero-order valence-electron chi connectivity index (χ0n) is 13.7. The molecule has 0 saturated carbocycles. The summed E-state index contributed by atoms with van der Waals surface area (Å²) in [5.41, 5.74) is 2.42. The highest BCUT2D eigenvalue weighted by molar-refractivity contribution is 7.18. The van der Waals surface area contributed by atoms with E-state index in [1.54, 1.807) is 28.4 Å². The topological polar surface area (TPSA) is 59.8 Å². The largest absolute Gasteiger partial charge is 0.345 e. The van der Waals surface area contributed by atoms with E-state index in [0.717, 1.165) is 20.8 Å². The van der Waals surface area contributed by atoms with Gasteiger partial charge in [-0.25, -0.2) is 4.98 Å². The summed E-state index contributed by atoms with van der Waals surface area (Å²) in [4.78, 5) is 16.9. The number of benzene rings is 2. The SMILES string of the molecule is O=C(NCc1nc2ccccc2s1)c1cnn(Cc2ccccc2Cl)c1. The molecule has 7 heteroatoms. The first-order valence-corrected chi connectivity index (χ1v) is 9.27. The first kappa shape index (κ1) is 16.8. The lowest BCUT2D eigenvalue weighted by molar-refractivity contribution is 0.0951. The minimum absolute atomic E-state index is 0.172. The van der Waals surface area contributed by atoms with Crippen molar-refractivity contribution in [1.82, 2.24) is 20.1 Å². The lowest BCUT2D eigenvalue weighted by Gasteiger charge is -2.04. The van der Waals surface area contributed by atoms with E-state index < -0.39 is 0 Å². The van der Waals surface area contributed by atoms with E-state index >= 15 is 0 Å². The van der Waals surface area contributed by atoms with E-state index in [1.807, 2.05) is 48.5 Å². The van der Waals surface area contributed by atoms with Crippen molar-refractivity contribution >= 4 is 39.1 Å². The Hall–Kier alpha value is -2.70. The molecule has 0 unspecified atom stereocenters. The van der Waals surface area contributed by atoms with Gasteiger partial charge in [0.25, 0.3) is 5.91 Å². The Labute approximate surface area is 159 Å². The van der Waals surface area contributed by atoms with E-state index in [9.17, 15) is 4.79 Å². The molecule has 4 aromatic rings. The summed E-state index contributed by atoms with van der Waals surface area (Å²) in [6.45, 7) is 0.915. The van der Waals surface area contributed by atoms with Gasteiger partial charge in [0.15, 0.2) is 0 Å². The van der Waals surface area contributed by atoms with Crippen LogP contribution in [0.1, 0.15) is 20.9 Å². The van der Waals surface area contributed by atoms with Crippen LogP contribution in [0.2, 0.25) is 5.02 Å². The maximum absolute atomic E-state index is 12.4. The number of aromatic nitrogens is 3. The van der Waals surface area contributed by atoms with Crippen molar-refractivity contribution in [2.24, 2.45) is 0 Å². The second-order valence-corrected chi connectivity index (χ2v) is 7.30. The van der Waals surface area contributed by atoms with Gasteiger partial charge in [-0.1, -0.05) is 41.9 Å². The average Bonchev–Trinajstić information content (AvgIpc) is 3.28. The molecule has 2 heterocycles. The van der Waals surface area contributed by atoms with E-state index in [2.05, 4.69) is 15.4 Å². The predicted molar refractivity (Wildman–Crippen MR) is 104 cm³/mol. The third-order valence-electron chi connectivity index (χ3n) is 3.92. The van der Waals surface area contributed by atoms with Gasteiger partial charge in [0.1, 0.15) is 5.01 Å². The average molecular weight is 383 g/mol. The van der Waals surface area contributed by atoms with Crippen molar-refractivity contribution in [2.75, 3.05) is 0 Å². The van der Waals surface area contributed by atoms with Crippen LogP contribution in [0.3, 0.4) is 0 Å². The van der Waals surface area contributed by atoms with Crippen LogP contribution in [0, 0.1) is 0 Å². The van der Waals surface area contributed by atoms with Gasteiger partial charge in [0.2, 0.25) is 0 Å². The van der Waals surface area contributed by atoms with Gasteiger partial charge < -0.3 is 5.32 Å². The summed E-state index contributed by atoms with van der Waals surface area (Å²) in [7, 11) is 0. The van der Waals surface area contributed by atoms with Gasteiger partial charge in [-0.3, -0.25) is 9.48 Å².